The lowest BCUT2D eigenvalue weighted by atomic mass is 10.1. The van der Waals surface area contributed by atoms with Crippen LogP contribution in [0.1, 0.15) is 11.5 Å². The van der Waals surface area contributed by atoms with E-state index < -0.39 is 29.2 Å². The molecule has 2 N–H and O–H groups in total. The number of benzene rings is 2. The van der Waals surface area contributed by atoms with Crippen molar-refractivity contribution in [3.8, 4) is 17.2 Å². The Bertz CT molecular complexity index is 1140. The minimum atomic E-state index is -1.33. The van der Waals surface area contributed by atoms with E-state index in [1.165, 1.54) is 0 Å². The second kappa shape index (κ2) is 6.94. The molecule has 9 heteroatoms. The molecule has 1 unspecified atom stereocenters. The zero-order valence-electron chi connectivity index (χ0n) is 15.2. The summed E-state index contributed by atoms with van der Waals surface area (Å²) >= 11 is 0. The summed E-state index contributed by atoms with van der Waals surface area (Å²) in [5, 5.41) is 4.86. The lowest BCUT2D eigenvalue weighted by Gasteiger charge is -2.13. The van der Waals surface area contributed by atoms with Crippen LogP contribution in [0.5, 0.6) is 17.2 Å². The van der Waals surface area contributed by atoms with Gasteiger partial charge in [-0.2, -0.15) is 0 Å². The molecule has 152 valence electrons. The summed E-state index contributed by atoms with van der Waals surface area (Å²) in [5.74, 6) is -1.78. The maximum Gasteiger partial charge on any atom is 0.319 e. The largest absolute Gasteiger partial charge is 0.487 e. The van der Waals surface area contributed by atoms with Crippen molar-refractivity contribution in [2.75, 3.05) is 5.32 Å². The van der Waals surface area contributed by atoms with E-state index >= 15 is 0 Å². The number of fused-ring (bicyclic) bond motifs is 3. The number of aromatic nitrogens is 1. The van der Waals surface area contributed by atoms with Gasteiger partial charge in [-0.05, 0) is 30.3 Å². The molecule has 2 heterocycles. The maximum absolute atomic E-state index is 13.7. The molecule has 2 aliphatic rings. The summed E-state index contributed by atoms with van der Waals surface area (Å²) in [5.41, 5.74) is 0.433. The van der Waals surface area contributed by atoms with Gasteiger partial charge in [0.1, 0.15) is 29.2 Å². The number of pyridine rings is 1. The topological polar surface area (TPSA) is 72.5 Å². The minimum absolute atomic E-state index is 0.0819. The number of anilines is 1. The molecule has 1 aliphatic heterocycles. The molecule has 5 rings (SSSR count). The number of halogens is 3. The first-order chi connectivity index (χ1) is 14.5. The fourth-order valence-electron chi connectivity index (χ4n) is 3.55. The Labute approximate surface area is 168 Å². The first kappa shape index (κ1) is 18.3. The molecule has 6 nitrogen and oxygen atoms in total. The van der Waals surface area contributed by atoms with Gasteiger partial charge in [0.05, 0.1) is 17.6 Å². The number of hydrogen-bond donors (Lipinski definition) is 2. The smallest absolute Gasteiger partial charge is 0.319 e. The van der Waals surface area contributed by atoms with Gasteiger partial charge in [-0.3, -0.25) is 4.98 Å². The number of amides is 2. The Morgan fingerprint density at radius 1 is 0.967 bits per heavy atom. The van der Waals surface area contributed by atoms with Crippen LogP contribution in [0.15, 0.2) is 54.9 Å². The van der Waals surface area contributed by atoms with Crippen molar-refractivity contribution >= 4 is 11.7 Å². The van der Waals surface area contributed by atoms with Gasteiger partial charge in [-0.15, -0.1) is 0 Å². The number of carbonyl (C=O) groups excluding carboxylic acids is 1. The monoisotopic (exact) mass is 413 g/mol. The molecule has 1 aromatic heterocycles. The fourth-order valence-corrected chi connectivity index (χ4v) is 3.55. The standard InChI is InChI=1S/C21H14F3N3O3/c22-13-8-15(24)16(9-14(13)23)26-21(28)27-19-18-12-7-11(1-2-17(12)30-20(18)19)29-10-3-5-25-6-4-10/h1-9,18-20H,(H2,26,27,28)/t18-,19?,20-/m0/s1. The Kier molecular flexibility index (Phi) is 4.23. The van der Waals surface area contributed by atoms with Gasteiger partial charge >= 0.3 is 6.03 Å². The number of urea groups is 1. The molecule has 1 saturated carbocycles. The first-order valence-corrected chi connectivity index (χ1v) is 9.10. The fraction of sp³-hybridized carbons (Fsp3) is 0.143. The molecule has 2 amide bonds. The summed E-state index contributed by atoms with van der Waals surface area (Å²) in [4.78, 5) is 16.1. The van der Waals surface area contributed by atoms with Crippen molar-refractivity contribution in [1.82, 2.24) is 10.3 Å². The van der Waals surface area contributed by atoms with Crippen LogP contribution in [0.2, 0.25) is 0 Å². The van der Waals surface area contributed by atoms with Crippen LogP contribution in [0.3, 0.4) is 0 Å². The van der Waals surface area contributed by atoms with Crippen LogP contribution in [0.25, 0.3) is 0 Å². The lowest BCUT2D eigenvalue weighted by molar-refractivity contribution is 0.246. The second-order valence-corrected chi connectivity index (χ2v) is 6.96. The van der Waals surface area contributed by atoms with Gasteiger partial charge in [0.2, 0.25) is 0 Å². The number of hydrogen-bond acceptors (Lipinski definition) is 4. The van der Waals surface area contributed by atoms with E-state index in [1.54, 1.807) is 36.7 Å². The summed E-state index contributed by atoms with van der Waals surface area (Å²) in [6, 6.07) is 8.78. The third-order valence-electron chi connectivity index (χ3n) is 5.00. The normalized spacial score (nSPS) is 20.6. The van der Waals surface area contributed by atoms with Crippen LogP contribution >= 0.6 is 0 Å². The number of ether oxygens (including phenoxy) is 2. The number of carbonyl (C=O) groups is 1. The number of nitrogens with one attached hydrogen (secondary N) is 2. The third kappa shape index (κ3) is 3.28. The van der Waals surface area contributed by atoms with Crippen molar-refractivity contribution in [2.45, 2.75) is 18.1 Å². The maximum atomic E-state index is 13.7. The highest BCUT2D eigenvalue weighted by atomic mass is 19.2. The highest BCUT2D eigenvalue weighted by molar-refractivity contribution is 5.90. The molecule has 1 aliphatic carbocycles. The van der Waals surface area contributed by atoms with Gasteiger partial charge in [0.25, 0.3) is 0 Å². The van der Waals surface area contributed by atoms with E-state index in [0.29, 0.717) is 29.4 Å². The molecular weight excluding hydrogens is 399 g/mol. The van der Waals surface area contributed by atoms with Crippen LogP contribution in [-0.4, -0.2) is 23.2 Å². The summed E-state index contributed by atoms with van der Waals surface area (Å²) in [6.45, 7) is 0. The van der Waals surface area contributed by atoms with Crippen molar-refractivity contribution in [1.29, 1.82) is 0 Å². The van der Waals surface area contributed by atoms with Crippen LogP contribution in [-0.2, 0) is 0 Å². The minimum Gasteiger partial charge on any atom is -0.487 e. The number of nitrogens with zero attached hydrogens (tertiary/aromatic N) is 1. The average Bonchev–Trinajstić information content (AvgIpc) is 3.23. The predicted molar refractivity (Wildman–Crippen MR) is 100 cm³/mol. The first-order valence-electron chi connectivity index (χ1n) is 9.10. The van der Waals surface area contributed by atoms with Crippen LogP contribution < -0.4 is 20.1 Å². The quantitative estimate of drug-likeness (QED) is 0.625. The van der Waals surface area contributed by atoms with E-state index in [9.17, 15) is 18.0 Å². The molecule has 0 spiro atoms. The summed E-state index contributed by atoms with van der Waals surface area (Å²) < 4.78 is 51.6. The molecule has 0 bridgehead atoms. The zero-order chi connectivity index (χ0) is 20.8. The Morgan fingerprint density at radius 3 is 2.53 bits per heavy atom. The third-order valence-corrected chi connectivity index (χ3v) is 5.00. The van der Waals surface area contributed by atoms with E-state index in [0.717, 1.165) is 5.56 Å². The summed E-state index contributed by atoms with van der Waals surface area (Å²) in [6.07, 6.45) is 2.99. The average molecular weight is 413 g/mol. The van der Waals surface area contributed by atoms with Crippen molar-refractivity contribution in [3.63, 3.8) is 0 Å². The van der Waals surface area contributed by atoms with Gasteiger partial charge in [0.15, 0.2) is 11.6 Å². The van der Waals surface area contributed by atoms with E-state index in [2.05, 4.69) is 15.6 Å². The number of rotatable bonds is 4. The van der Waals surface area contributed by atoms with Crippen molar-refractivity contribution in [3.05, 3.63) is 77.9 Å². The van der Waals surface area contributed by atoms with Gasteiger partial charge in [-0.1, -0.05) is 0 Å². The van der Waals surface area contributed by atoms with Crippen LogP contribution in [0, 0.1) is 17.5 Å². The Balaban J connectivity index is 1.25. The molecule has 3 atom stereocenters. The molecule has 2 aromatic carbocycles. The van der Waals surface area contributed by atoms with Gasteiger partial charge in [-0.25, -0.2) is 18.0 Å². The van der Waals surface area contributed by atoms with E-state index in [-0.39, 0.29) is 18.1 Å². The van der Waals surface area contributed by atoms with Crippen LogP contribution in [0.4, 0.5) is 23.7 Å². The molecule has 3 aromatic rings. The van der Waals surface area contributed by atoms with Crippen molar-refractivity contribution in [2.24, 2.45) is 0 Å². The second-order valence-electron chi connectivity index (χ2n) is 6.96. The molecule has 30 heavy (non-hydrogen) atoms. The molecule has 0 radical (unpaired) electrons. The Morgan fingerprint density at radius 2 is 1.73 bits per heavy atom. The molecule has 0 saturated heterocycles. The highest BCUT2D eigenvalue weighted by Crippen LogP contribution is 2.54. The van der Waals surface area contributed by atoms with Gasteiger partial charge in [0, 0.05) is 30.1 Å². The molecular formula is C21H14F3N3O3. The summed E-state index contributed by atoms with van der Waals surface area (Å²) in [7, 11) is 0. The molecule has 1 fully saturated rings. The predicted octanol–water partition coefficient (Wildman–Crippen LogP) is 4.34. The van der Waals surface area contributed by atoms with E-state index in [1.807, 2.05) is 6.07 Å². The SMILES string of the molecule is O=C(Nc1cc(F)c(F)cc1F)NC1[C@H]2Oc3ccc(Oc4ccncc4)cc3[C@@H]12. The van der Waals surface area contributed by atoms with Gasteiger partial charge < -0.3 is 20.1 Å². The van der Waals surface area contributed by atoms with E-state index in [4.69, 9.17) is 9.47 Å². The van der Waals surface area contributed by atoms with Crippen molar-refractivity contribution < 1.29 is 27.4 Å². The highest BCUT2D eigenvalue weighted by Gasteiger charge is 2.59. The lowest BCUT2D eigenvalue weighted by Crippen LogP contribution is -2.34. The zero-order valence-corrected chi connectivity index (χ0v) is 15.2. The Hall–Kier alpha value is -3.75.